The van der Waals surface area contributed by atoms with E-state index in [-0.39, 0.29) is 46.0 Å². The lowest BCUT2D eigenvalue weighted by atomic mass is 10.0. The first kappa shape index (κ1) is 37.4. The molecule has 1 N–H and O–H groups in total. The number of nitrogens with zero attached hydrogens (tertiary/aromatic N) is 2. The summed E-state index contributed by atoms with van der Waals surface area (Å²) in [5.74, 6) is -0.416. The minimum atomic E-state index is -4.50. The first-order valence-corrected chi connectivity index (χ1v) is 17.7. The molecule has 1 atom stereocenters. The Kier molecular flexibility index (Phi) is 13.2. The fourth-order valence-corrected chi connectivity index (χ4v) is 7.00. The van der Waals surface area contributed by atoms with Gasteiger partial charge in [0.25, 0.3) is 10.0 Å². The summed E-state index contributed by atoms with van der Waals surface area (Å²) in [7, 11) is -0.300. The van der Waals surface area contributed by atoms with Crippen molar-refractivity contribution in [1.29, 1.82) is 0 Å². The zero-order valence-electron chi connectivity index (χ0n) is 27.7. The zero-order chi connectivity index (χ0) is 35.6. The Morgan fingerprint density at radius 1 is 0.816 bits per heavy atom. The highest BCUT2D eigenvalue weighted by Crippen LogP contribution is 2.37. The summed E-state index contributed by atoms with van der Waals surface area (Å²) in [4.78, 5) is 29.7. The van der Waals surface area contributed by atoms with Crippen molar-refractivity contribution in [3.05, 3.63) is 112 Å². The number of anilines is 1. The Morgan fingerprint density at radius 2 is 1.47 bits per heavy atom. The van der Waals surface area contributed by atoms with E-state index in [2.05, 4.69) is 5.32 Å². The highest BCUT2D eigenvalue weighted by atomic mass is 35.5. The van der Waals surface area contributed by atoms with E-state index in [4.69, 9.17) is 37.4 Å². The van der Waals surface area contributed by atoms with Gasteiger partial charge < -0.3 is 24.4 Å². The number of methoxy groups -OCH3 is 3. The van der Waals surface area contributed by atoms with Crippen molar-refractivity contribution >= 4 is 50.7 Å². The van der Waals surface area contributed by atoms with Crippen molar-refractivity contribution in [3.63, 3.8) is 0 Å². The van der Waals surface area contributed by atoms with Crippen LogP contribution in [0.15, 0.2) is 95.9 Å². The van der Waals surface area contributed by atoms with Crippen molar-refractivity contribution in [2.75, 3.05) is 38.7 Å². The molecule has 0 aliphatic carbocycles. The highest BCUT2D eigenvalue weighted by molar-refractivity contribution is 7.92. The molecular formula is C36H39Cl2N3O7S. The van der Waals surface area contributed by atoms with Crippen molar-refractivity contribution in [1.82, 2.24) is 10.2 Å². The van der Waals surface area contributed by atoms with Gasteiger partial charge >= 0.3 is 0 Å². The summed E-state index contributed by atoms with van der Waals surface area (Å²) in [6.07, 6.45) is 0.837. The lowest BCUT2D eigenvalue weighted by Gasteiger charge is -2.34. The minimum Gasteiger partial charge on any atom is -0.495 e. The van der Waals surface area contributed by atoms with Crippen LogP contribution < -0.4 is 23.8 Å². The molecule has 0 fully saturated rings. The van der Waals surface area contributed by atoms with E-state index >= 15 is 0 Å². The molecule has 0 spiro atoms. The van der Waals surface area contributed by atoms with Crippen molar-refractivity contribution < 1.29 is 32.2 Å². The van der Waals surface area contributed by atoms with Gasteiger partial charge in [0.2, 0.25) is 11.8 Å². The number of amides is 2. The Hall–Kier alpha value is -4.45. The molecule has 0 saturated carbocycles. The van der Waals surface area contributed by atoms with Gasteiger partial charge in [0.05, 0.1) is 31.9 Å². The Morgan fingerprint density at radius 3 is 2.12 bits per heavy atom. The number of hydrogen-bond donors (Lipinski definition) is 1. The van der Waals surface area contributed by atoms with Gasteiger partial charge in [0.15, 0.2) is 11.5 Å². The first-order chi connectivity index (χ1) is 23.5. The fraction of sp³-hybridized carbons (Fsp3) is 0.278. The molecule has 0 unspecified atom stereocenters. The number of nitrogens with one attached hydrogen (secondary N) is 1. The van der Waals surface area contributed by atoms with Crippen LogP contribution in [-0.4, -0.2) is 65.6 Å². The van der Waals surface area contributed by atoms with E-state index in [0.717, 1.165) is 9.87 Å². The molecule has 4 rings (SSSR count). The third-order valence-corrected chi connectivity index (χ3v) is 10.1. The van der Waals surface area contributed by atoms with Crippen molar-refractivity contribution in [2.24, 2.45) is 0 Å². The number of hydrogen-bond acceptors (Lipinski definition) is 7. The summed E-state index contributed by atoms with van der Waals surface area (Å²) in [5.41, 5.74) is 1.40. The van der Waals surface area contributed by atoms with Gasteiger partial charge in [0.1, 0.15) is 18.3 Å². The van der Waals surface area contributed by atoms with Crippen LogP contribution in [0.2, 0.25) is 10.0 Å². The van der Waals surface area contributed by atoms with Crippen LogP contribution in [0.25, 0.3) is 0 Å². The van der Waals surface area contributed by atoms with E-state index in [1.807, 2.05) is 37.3 Å². The zero-order valence-corrected chi connectivity index (χ0v) is 30.0. The van der Waals surface area contributed by atoms with Crippen LogP contribution >= 0.6 is 23.2 Å². The third kappa shape index (κ3) is 9.17. The van der Waals surface area contributed by atoms with Crippen LogP contribution in [0.3, 0.4) is 0 Å². The number of ether oxygens (including phenoxy) is 3. The Bertz CT molecular complexity index is 1860. The van der Waals surface area contributed by atoms with E-state index < -0.39 is 28.5 Å². The van der Waals surface area contributed by atoms with Crippen molar-refractivity contribution in [3.8, 4) is 17.2 Å². The maximum Gasteiger partial charge on any atom is 0.265 e. The number of carbonyl (C=O) groups is 2. The van der Waals surface area contributed by atoms with Crippen LogP contribution in [0.5, 0.6) is 17.2 Å². The third-order valence-electron chi connectivity index (χ3n) is 7.75. The van der Waals surface area contributed by atoms with Gasteiger partial charge in [-0.2, -0.15) is 0 Å². The molecule has 49 heavy (non-hydrogen) atoms. The summed E-state index contributed by atoms with van der Waals surface area (Å²) in [5, 5.41) is 3.52. The maximum atomic E-state index is 14.7. The summed E-state index contributed by atoms with van der Waals surface area (Å²) in [6, 6.07) is 23.8. The summed E-state index contributed by atoms with van der Waals surface area (Å²) >= 11 is 12.9. The first-order valence-electron chi connectivity index (χ1n) is 15.5. The van der Waals surface area contributed by atoms with Crippen molar-refractivity contribution in [2.45, 2.75) is 37.2 Å². The molecule has 2 amide bonds. The molecular weight excluding hydrogens is 689 g/mol. The maximum absolute atomic E-state index is 14.7. The molecule has 10 nitrogen and oxygen atoms in total. The van der Waals surface area contributed by atoms with Gasteiger partial charge in [-0.25, -0.2) is 8.42 Å². The lowest BCUT2D eigenvalue weighted by molar-refractivity contribution is -0.140. The lowest BCUT2D eigenvalue weighted by Crippen LogP contribution is -2.53. The van der Waals surface area contributed by atoms with E-state index in [9.17, 15) is 18.0 Å². The SMILES string of the molecule is CCCNC(=O)[C@H](Cc1ccccc1)N(Cc1ccccc1Cl)C(=O)CN(c1cc(Cl)ccc1OC)S(=O)(=O)c1ccc(OC)c(OC)c1. The molecule has 0 saturated heterocycles. The fourth-order valence-electron chi connectivity index (χ4n) is 5.21. The Balaban J connectivity index is 1.88. The monoisotopic (exact) mass is 727 g/mol. The molecule has 0 aliphatic heterocycles. The van der Waals surface area contributed by atoms with E-state index in [1.54, 1.807) is 30.3 Å². The van der Waals surface area contributed by atoms with Gasteiger partial charge in [0, 0.05) is 35.6 Å². The largest absolute Gasteiger partial charge is 0.495 e. The molecule has 0 heterocycles. The molecule has 0 bridgehead atoms. The quantitative estimate of drug-likeness (QED) is 0.143. The molecule has 4 aromatic rings. The summed E-state index contributed by atoms with van der Waals surface area (Å²) in [6.45, 7) is 1.52. The molecule has 13 heteroatoms. The second-order valence-corrected chi connectivity index (χ2v) is 13.7. The second-order valence-electron chi connectivity index (χ2n) is 11.0. The molecule has 0 aliphatic rings. The predicted molar refractivity (Wildman–Crippen MR) is 191 cm³/mol. The van der Waals surface area contributed by atoms with Crippen LogP contribution in [0.1, 0.15) is 24.5 Å². The van der Waals surface area contributed by atoms with Crippen LogP contribution in [0.4, 0.5) is 5.69 Å². The molecule has 260 valence electrons. The molecule has 0 aromatic heterocycles. The normalized spacial score (nSPS) is 11.7. The number of sulfonamides is 1. The number of carbonyl (C=O) groups excluding carboxylic acids is 2. The highest BCUT2D eigenvalue weighted by Gasteiger charge is 2.36. The predicted octanol–water partition coefficient (Wildman–Crippen LogP) is 6.38. The minimum absolute atomic E-state index is 0.0193. The standard InChI is InChI=1S/C36H39Cl2N3O7S/c1-5-19-39-36(43)31(20-25-11-7-6-8-12-25)40(23-26-13-9-10-14-29(26)38)35(42)24-41(30-21-27(37)15-17-32(30)46-2)49(44,45)28-16-18-33(47-3)34(22-28)48-4/h6-18,21-22,31H,5,19-20,23-24H2,1-4H3,(H,39,43)/t31-/m0/s1. The second kappa shape index (κ2) is 17.3. The van der Waals surface area contributed by atoms with E-state index in [0.29, 0.717) is 29.3 Å². The average Bonchev–Trinajstić information content (AvgIpc) is 3.11. The molecule has 0 radical (unpaired) electrons. The van der Waals surface area contributed by atoms with Crippen LogP contribution in [-0.2, 0) is 32.6 Å². The average molecular weight is 729 g/mol. The van der Waals surface area contributed by atoms with Crippen LogP contribution in [0, 0.1) is 0 Å². The van der Waals surface area contributed by atoms with Gasteiger partial charge in [-0.05, 0) is 53.9 Å². The smallest absolute Gasteiger partial charge is 0.265 e. The van der Waals surface area contributed by atoms with E-state index in [1.165, 1.54) is 56.6 Å². The van der Waals surface area contributed by atoms with Gasteiger partial charge in [-0.15, -0.1) is 0 Å². The summed E-state index contributed by atoms with van der Waals surface area (Å²) < 4.78 is 46.2. The number of rotatable bonds is 16. The number of halogens is 2. The molecule has 4 aromatic carbocycles. The topological polar surface area (TPSA) is 114 Å². The Labute approximate surface area is 297 Å². The van der Waals surface area contributed by atoms with Gasteiger partial charge in [-0.1, -0.05) is 78.7 Å². The number of benzene rings is 4. The van der Waals surface area contributed by atoms with Gasteiger partial charge in [-0.3, -0.25) is 13.9 Å².